The van der Waals surface area contributed by atoms with Crippen LogP contribution in [0.4, 0.5) is 4.39 Å². The Balaban J connectivity index is 1.91. The van der Waals surface area contributed by atoms with Gasteiger partial charge in [0.2, 0.25) is 0 Å². The molecule has 1 saturated carbocycles. The monoisotopic (exact) mass is 396 g/mol. The van der Waals surface area contributed by atoms with Crippen molar-refractivity contribution in [3.8, 4) is 0 Å². The second-order valence-electron chi connectivity index (χ2n) is 8.87. The maximum absolute atomic E-state index is 15.0. The molecule has 0 spiro atoms. The first-order chi connectivity index (χ1) is 13.3. The van der Waals surface area contributed by atoms with Gasteiger partial charge in [-0.25, -0.2) is 4.39 Å². The number of unbranched alkanes of at least 4 members (excludes halogenated alkanes) is 2. The molecular formula is C23H37FO4. The highest BCUT2D eigenvalue weighted by atomic mass is 19.1. The lowest BCUT2D eigenvalue weighted by Crippen LogP contribution is -2.28. The minimum Gasteiger partial charge on any atom is -0.492 e. The molecule has 2 fully saturated rings. The highest BCUT2D eigenvalue weighted by Gasteiger charge is 2.49. The minimum atomic E-state index is -1.11. The number of ether oxygens (including phenoxy) is 2. The van der Waals surface area contributed by atoms with Gasteiger partial charge in [0.05, 0.1) is 13.2 Å². The van der Waals surface area contributed by atoms with E-state index in [9.17, 15) is 14.3 Å². The molecule has 1 heterocycles. The fourth-order valence-corrected chi connectivity index (χ4v) is 4.26. The lowest BCUT2D eigenvalue weighted by atomic mass is 9.80. The first-order valence-electron chi connectivity index (χ1n) is 10.7. The van der Waals surface area contributed by atoms with Crippen LogP contribution < -0.4 is 0 Å². The van der Waals surface area contributed by atoms with Crippen LogP contribution in [0, 0.1) is 17.3 Å². The highest BCUT2D eigenvalue weighted by molar-refractivity contribution is 5.69. The Morgan fingerprint density at radius 2 is 2.14 bits per heavy atom. The van der Waals surface area contributed by atoms with Crippen molar-refractivity contribution in [1.82, 2.24) is 0 Å². The zero-order valence-corrected chi connectivity index (χ0v) is 17.8. The number of aliphatic hydroxyl groups is 1. The van der Waals surface area contributed by atoms with E-state index < -0.39 is 12.3 Å². The average Bonchev–Trinajstić information content (AvgIpc) is 3.21. The Hall–Kier alpha value is -1.36. The number of hydrogen-bond acceptors (Lipinski definition) is 4. The number of rotatable bonds is 10. The van der Waals surface area contributed by atoms with Crippen LogP contribution >= 0.6 is 0 Å². The van der Waals surface area contributed by atoms with E-state index in [4.69, 9.17) is 4.74 Å². The van der Waals surface area contributed by atoms with Gasteiger partial charge in [0.1, 0.15) is 11.9 Å². The molecule has 0 aromatic heterocycles. The Morgan fingerprint density at radius 3 is 2.82 bits per heavy atom. The van der Waals surface area contributed by atoms with Crippen molar-refractivity contribution < 1.29 is 23.8 Å². The number of carbonyl (C=O) groups is 1. The van der Waals surface area contributed by atoms with Crippen LogP contribution in [-0.2, 0) is 14.3 Å². The van der Waals surface area contributed by atoms with E-state index in [-0.39, 0.29) is 29.3 Å². The van der Waals surface area contributed by atoms with Crippen molar-refractivity contribution in [3.63, 3.8) is 0 Å². The van der Waals surface area contributed by atoms with Crippen LogP contribution in [0.15, 0.2) is 24.0 Å². The molecule has 4 nitrogen and oxygen atoms in total. The van der Waals surface area contributed by atoms with Gasteiger partial charge in [0.25, 0.3) is 0 Å². The van der Waals surface area contributed by atoms with E-state index in [0.29, 0.717) is 25.0 Å². The van der Waals surface area contributed by atoms with Crippen LogP contribution in [0.25, 0.3) is 0 Å². The summed E-state index contributed by atoms with van der Waals surface area (Å²) in [6.07, 6.45) is 10.4. The molecule has 2 rings (SSSR count). The molecule has 0 radical (unpaired) electrons. The fourth-order valence-electron chi connectivity index (χ4n) is 4.26. The summed E-state index contributed by atoms with van der Waals surface area (Å²) in [4.78, 5) is 11.2. The van der Waals surface area contributed by atoms with Crippen molar-refractivity contribution in [1.29, 1.82) is 0 Å². The number of aliphatic hydroxyl groups excluding tert-OH is 1. The molecular weight excluding hydrogens is 359 g/mol. The lowest BCUT2D eigenvalue weighted by molar-refractivity contribution is -0.140. The second-order valence-corrected chi connectivity index (χ2v) is 8.87. The van der Waals surface area contributed by atoms with Gasteiger partial charge in [-0.05, 0) is 49.5 Å². The summed E-state index contributed by atoms with van der Waals surface area (Å²) in [5.74, 6) is 0.0958. The molecule has 28 heavy (non-hydrogen) atoms. The molecule has 1 N–H and O–H groups in total. The highest BCUT2D eigenvalue weighted by Crippen LogP contribution is 2.47. The molecule has 5 heteroatoms. The number of esters is 1. The molecule has 1 unspecified atom stereocenters. The van der Waals surface area contributed by atoms with E-state index in [1.165, 1.54) is 7.11 Å². The van der Waals surface area contributed by atoms with E-state index >= 15 is 0 Å². The summed E-state index contributed by atoms with van der Waals surface area (Å²) in [7, 11) is 1.37. The quantitative estimate of drug-likeness (QED) is 0.317. The van der Waals surface area contributed by atoms with Gasteiger partial charge >= 0.3 is 5.97 Å². The number of alkyl halides is 1. The molecule has 0 bridgehead atoms. The molecule has 160 valence electrons. The molecule has 0 aromatic carbocycles. The molecule has 1 saturated heterocycles. The third-order valence-corrected chi connectivity index (χ3v) is 6.28. The molecule has 5 atom stereocenters. The summed E-state index contributed by atoms with van der Waals surface area (Å²) < 4.78 is 25.5. The van der Waals surface area contributed by atoms with E-state index in [1.54, 1.807) is 6.08 Å². The maximum Gasteiger partial charge on any atom is 0.305 e. The van der Waals surface area contributed by atoms with Crippen molar-refractivity contribution in [2.45, 2.75) is 90.5 Å². The van der Waals surface area contributed by atoms with Crippen LogP contribution in [0.5, 0.6) is 0 Å². The molecule has 0 aromatic rings. The number of methoxy groups -OCH3 is 1. The van der Waals surface area contributed by atoms with Crippen LogP contribution in [0.2, 0.25) is 0 Å². The summed E-state index contributed by atoms with van der Waals surface area (Å²) in [6.45, 7) is 6.32. The smallest absolute Gasteiger partial charge is 0.305 e. The molecule has 2 aliphatic rings. The zero-order chi connectivity index (χ0) is 20.7. The molecule has 1 aliphatic heterocycles. The number of halogens is 1. The van der Waals surface area contributed by atoms with Crippen LogP contribution in [0.1, 0.15) is 72.1 Å². The number of allylic oxidation sites excluding steroid dienone is 3. The first-order valence-corrected chi connectivity index (χ1v) is 10.7. The third-order valence-electron chi connectivity index (χ3n) is 6.28. The second kappa shape index (κ2) is 10.4. The van der Waals surface area contributed by atoms with Crippen molar-refractivity contribution in [2.24, 2.45) is 17.3 Å². The molecule has 1 aliphatic carbocycles. The van der Waals surface area contributed by atoms with Crippen LogP contribution in [0.3, 0.4) is 0 Å². The van der Waals surface area contributed by atoms with Crippen molar-refractivity contribution >= 4 is 5.97 Å². The van der Waals surface area contributed by atoms with Gasteiger partial charge in [0, 0.05) is 12.3 Å². The Labute approximate surface area is 169 Å². The van der Waals surface area contributed by atoms with E-state index in [0.717, 1.165) is 32.1 Å². The fraction of sp³-hybridized carbons (Fsp3) is 0.783. The number of carbonyl (C=O) groups excluding carboxylic acids is 1. The third kappa shape index (κ3) is 5.82. The van der Waals surface area contributed by atoms with Crippen molar-refractivity contribution in [3.05, 3.63) is 24.0 Å². The number of hydrogen-bond donors (Lipinski definition) is 1. The van der Waals surface area contributed by atoms with Gasteiger partial charge in [-0.2, -0.15) is 0 Å². The lowest BCUT2D eigenvalue weighted by Gasteiger charge is -2.29. The van der Waals surface area contributed by atoms with Gasteiger partial charge in [0.15, 0.2) is 6.17 Å². The van der Waals surface area contributed by atoms with Gasteiger partial charge in [-0.15, -0.1) is 0 Å². The van der Waals surface area contributed by atoms with Gasteiger partial charge < -0.3 is 14.6 Å². The summed E-state index contributed by atoms with van der Waals surface area (Å²) >= 11 is 0. The Morgan fingerprint density at radius 1 is 1.39 bits per heavy atom. The Kier molecular flexibility index (Phi) is 8.54. The summed E-state index contributed by atoms with van der Waals surface area (Å²) in [6, 6.07) is 0. The van der Waals surface area contributed by atoms with Crippen LogP contribution in [-0.4, -0.2) is 36.6 Å². The van der Waals surface area contributed by atoms with E-state index in [1.807, 2.05) is 12.2 Å². The SMILES string of the molecule is CCCCC(C)(C)[C@H](O)/C=C/[C@H]1CC[C@H]2O/C(=C\CCCC(=O)OC)C(F)[C@H]12. The maximum atomic E-state index is 15.0. The predicted octanol–water partition coefficient (Wildman–Crippen LogP) is 5.11. The normalized spacial score (nSPS) is 29.9. The van der Waals surface area contributed by atoms with Gasteiger partial charge in [-0.3, -0.25) is 4.79 Å². The zero-order valence-electron chi connectivity index (χ0n) is 17.8. The number of fused-ring (bicyclic) bond motifs is 1. The summed E-state index contributed by atoms with van der Waals surface area (Å²) in [5.41, 5.74) is -0.170. The molecule has 0 amide bonds. The average molecular weight is 397 g/mol. The Bertz CT molecular complexity index is 569. The van der Waals surface area contributed by atoms with E-state index in [2.05, 4.69) is 25.5 Å². The van der Waals surface area contributed by atoms with Gasteiger partial charge in [-0.1, -0.05) is 45.8 Å². The first kappa shape index (κ1) is 22.9. The topological polar surface area (TPSA) is 55.8 Å². The summed E-state index contributed by atoms with van der Waals surface area (Å²) in [5, 5.41) is 10.6. The predicted molar refractivity (Wildman–Crippen MR) is 108 cm³/mol. The van der Waals surface area contributed by atoms with Crippen molar-refractivity contribution in [2.75, 3.05) is 7.11 Å². The minimum absolute atomic E-state index is 0.0817. The standard InChI is InChI=1S/C23H37FO4/c1-5-6-15-23(2,3)19(25)14-12-16-11-13-17-21(16)22(24)18(28-17)9-7-8-10-20(26)27-4/h9,12,14,16-17,19,21-22,25H,5-8,10-11,13,15H2,1-4H3/b14-12+,18-9-/t16-,17-,19-,21-,22?/m1/s1. The largest absolute Gasteiger partial charge is 0.492 e.